The van der Waals surface area contributed by atoms with Gasteiger partial charge >= 0.3 is 0 Å². The quantitative estimate of drug-likeness (QED) is 0.405. The fraction of sp³-hybridized carbons (Fsp3) is 0.300. The van der Waals surface area contributed by atoms with E-state index in [-0.39, 0.29) is 17.2 Å². The van der Waals surface area contributed by atoms with Gasteiger partial charge < -0.3 is 40.1 Å². The lowest BCUT2D eigenvalue weighted by Gasteiger charge is -2.39. The summed E-state index contributed by atoms with van der Waals surface area (Å²) in [4.78, 5) is 0. The summed E-state index contributed by atoms with van der Waals surface area (Å²) in [6.07, 6.45) is -3.52. The second-order valence-electron chi connectivity index (χ2n) is 6.50. The van der Waals surface area contributed by atoms with Crippen molar-refractivity contribution < 1.29 is 40.1 Å². The number of aliphatic hydroxyl groups is 4. The van der Waals surface area contributed by atoms with Crippen LogP contribution in [0, 0.1) is 0 Å². The van der Waals surface area contributed by atoms with Gasteiger partial charge in [-0.05, 0) is 35.4 Å². The van der Waals surface area contributed by atoms with Crippen LogP contribution in [0.3, 0.4) is 0 Å². The Hall–Kier alpha value is -2.62. The predicted octanol–water partition coefficient (Wildman–Crippen LogP) is 0.447. The molecule has 1 saturated heterocycles. The summed E-state index contributed by atoms with van der Waals surface area (Å²) >= 11 is 0. The van der Waals surface area contributed by atoms with E-state index in [0.29, 0.717) is 5.56 Å². The first-order valence-corrected chi connectivity index (χ1v) is 8.65. The number of hydrogen-bond donors (Lipinski definition) is 6. The van der Waals surface area contributed by atoms with E-state index in [4.69, 9.17) is 9.47 Å². The Morgan fingerprint density at radius 2 is 1.50 bits per heavy atom. The number of phenols is 2. The maximum atomic E-state index is 10.1. The first-order chi connectivity index (χ1) is 13.4. The molecule has 3 rings (SSSR count). The Balaban J connectivity index is 1.76. The molecule has 8 nitrogen and oxygen atoms in total. The number of aliphatic hydroxyl groups excluding tert-OH is 4. The molecule has 28 heavy (non-hydrogen) atoms. The van der Waals surface area contributed by atoms with Crippen molar-refractivity contribution in [3.63, 3.8) is 0 Å². The second kappa shape index (κ2) is 8.59. The Morgan fingerprint density at radius 3 is 2.18 bits per heavy atom. The van der Waals surface area contributed by atoms with Gasteiger partial charge in [-0.1, -0.05) is 24.3 Å². The topological polar surface area (TPSA) is 140 Å². The molecule has 6 N–H and O–H groups in total. The zero-order valence-corrected chi connectivity index (χ0v) is 14.8. The van der Waals surface area contributed by atoms with Crippen molar-refractivity contribution in [2.45, 2.75) is 30.7 Å². The van der Waals surface area contributed by atoms with Gasteiger partial charge in [0.15, 0.2) is 0 Å². The molecule has 0 amide bonds. The number of phenolic OH excluding ortho intramolecular Hbond substituents is 2. The van der Waals surface area contributed by atoms with Crippen LogP contribution in [0.1, 0.15) is 11.1 Å². The molecule has 1 fully saturated rings. The molecule has 2 aromatic rings. The van der Waals surface area contributed by atoms with E-state index < -0.39 is 37.3 Å². The van der Waals surface area contributed by atoms with Crippen molar-refractivity contribution in [1.29, 1.82) is 0 Å². The summed E-state index contributed by atoms with van der Waals surface area (Å²) in [5.41, 5.74) is 1.42. The predicted molar refractivity (Wildman–Crippen MR) is 99.5 cm³/mol. The lowest BCUT2D eigenvalue weighted by atomic mass is 9.99. The summed E-state index contributed by atoms with van der Waals surface area (Å²) in [7, 11) is 0. The van der Waals surface area contributed by atoms with Crippen LogP contribution in [-0.4, -0.2) is 68.0 Å². The first-order valence-electron chi connectivity index (χ1n) is 8.65. The molecule has 2 aromatic carbocycles. The minimum Gasteiger partial charge on any atom is -0.508 e. The van der Waals surface area contributed by atoms with Crippen molar-refractivity contribution in [3.05, 3.63) is 53.6 Å². The molecule has 2 unspecified atom stereocenters. The summed E-state index contributed by atoms with van der Waals surface area (Å²) in [5.74, 6) is 0.229. The molecule has 0 bridgehead atoms. The van der Waals surface area contributed by atoms with Gasteiger partial charge in [-0.15, -0.1) is 0 Å². The molecule has 0 spiro atoms. The largest absolute Gasteiger partial charge is 0.508 e. The maximum absolute atomic E-state index is 10.1. The Kier molecular flexibility index (Phi) is 6.18. The number of ether oxygens (including phenoxy) is 2. The highest BCUT2D eigenvalue weighted by Crippen LogP contribution is 2.28. The van der Waals surface area contributed by atoms with Crippen molar-refractivity contribution in [3.8, 4) is 17.2 Å². The third-order valence-corrected chi connectivity index (χ3v) is 4.38. The van der Waals surface area contributed by atoms with Crippen LogP contribution < -0.4 is 4.74 Å². The molecule has 0 radical (unpaired) electrons. The molecule has 1 heterocycles. The van der Waals surface area contributed by atoms with Crippen LogP contribution >= 0.6 is 0 Å². The molecule has 0 aromatic heterocycles. The van der Waals surface area contributed by atoms with Crippen molar-refractivity contribution in [1.82, 2.24) is 0 Å². The van der Waals surface area contributed by atoms with Crippen LogP contribution in [0.25, 0.3) is 12.2 Å². The highest BCUT2D eigenvalue weighted by molar-refractivity contribution is 5.71. The van der Waals surface area contributed by atoms with Crippen LogP contribution in [0.15, 0.2) is 42.5 Å². The molecule has 5 atom stereocenters. The summed E-state index contributed by atoms with van der Waals surface area (Å²) < 4.78 is 10.8. The fourth-order valence-electron chi connectivity index (χ4n) is 2.85. The van der Waals surface area contributed by atoms with Crippen molar-refractivity contribution >= 4 is 12.2 Å². The van der Waals surface area contributed by atoms with Gasteiger partial charge in [0.2, 0.25) is 6.29 Å². The van der Waals surface area contributed by atoms with E-state index >= 15 is 0 Å². The fourth-order valence-corrected chi connectivity index (χ4v) is 2.85. The third-order valence-electron chi connectivity index (χ3n) is 4.38. The minimum absolute atomic E-state index is 0.0903. The monoisotopic (exact) mass is 390 g/mol. The highest BCUT2D eigenvalue weighted by atomic mass is 16.7. The van der Waals surface area contributed by atoms with E-state index in [1.165, 1.54) is 12.1 Å². The zero-order valence-electron chi connectivity index (χ0n) is 14.8. The molecular formula is C20H22O8. The normalized spacial score (nSPS) is 27.8. The van der Waals surface area contributed by atoms with Crippen molar-refractivity contribution in [2.24, 2.45) is 0 Å². The molecular weight excluding hydrogens is 368 g/mol. The van der Waals surface area contributed by atoms with Gasteiger partial charge in [-0.2, -0.15) is 0 Å². The van der Waals surface area contributed by atoms with E-state index in [0.717, 1.165) is 5.56 Å². The SMILES string of the molecule is OCC1O[C@@H](Oc2cc(O)cc(/C=C/c3ccc(O)cc3)c2)C(O)[C@@H](O)[C@@H]1O. The molecule has 1 aliphatic heterocycles. The van der Waals surface area contributed by atoms with E-state index in [2.05, 4.69) is 0 Å². The molecule has 150 valence electrons. The molecule has 0 aliphatic carbocycles. The first kappa shape index (κ1) is 20.1. The van der Waals surface area contributed by atoms with Crippen LogP contribution in [-0.2, 0) is 4.74 Å². The average Bonchev–Trinajstić information content (AvgIpc) is 2.67. The van der Waals surface area contributed by atoms with Crippen molar-refractivity contribution in [2.75, 3.05) is 6.61 Å². The van der Waals surface area contributed by atoms with Gasteiger partial charge in [0.1, 0.15) is 41.7 Å². The smallest absolute Gasteiger partial charge is 0.229 e. The van der Waals surface area contributed by atoms with Crippen LogP contribution in [0.4, 0.5) is 0 Å². The number of rotatable bonds is 5. The van der Waals surface area contributed by atoms with Crippen LogP contribution in [0.2, 0.25) is 0 Å². The summed E-state index contributed by atoms with van der Waals surface area (Å²) in [6, 6.07) is 10.9. The lowest BCUT2D eigenvalue weighted by Crippen LogP contribution is -2.60. The molecule has 0 saturated carbocycles. The molecule has 1 aliphatic rings. The van der Waals surface area contributed by atoms with E-state index in [9.17, 15) is 30.6 Å². The highest BCUT2D eigenvalue weighted by Gasteiger charge is 2.44. The second-order valence-corrected chi connectivity index (χ2v) is 6.50. The number of hydrogen-bond acceptors (Lipinski definition) is 8. The Labute approximate surface area is 161 Å². The van der Waals surface area contributed by atoms with Crippen LogP contribution in [0.5, 0.6) is 17.2 Å². The van der Waals surface area contributed by atoms with Gasteiger partial charge in [0, 0.05) is 6.07 Å². The van der Waals surface area contributed by atoms with E-state index in [1.54, 1.807) is 42.5 Å². The number of benzene rings is 2. The lowest BCUT2D eigenvalue weighted by molar-refractivity contribution is -0.277. The number of aromatic hydroxyl groups is 2. The Bertz CT molecular complexity index is 817. The van der Waals surface area contributed by atoms with Gasteiger partial charge in [0.25, 0.3) is 0 Å². The van der Waals surface area contributed by atoms with Gasteiger partial charge in [-0.25, -0.2) is 0 Å². The minimum atomic E-state index is -1.55. The van der Waals surface area contributed by atoms with Gasteiger partial charge in [-0.3, -0.25) is 0 Å². The maximum Gasteiger partial charge on any atom is 0.229 e. The standard InChI is InChI=1S/C20H22O8/c21-10-16-17(24)18(25)19(26)20(28-16)27-15-8-12(7-14(23)9-15)2-1-11-3-5-13(22)6-4-11/h1-9,16-26H,10H2/b2-1+/t16?,17-,18+,19?,20-/m1/s1. The summed E-state index contributed by atoms with van der Waals surface area (Å²) in [5, 5.41) is 58.2. The van der Waals surface area contributed by atoms with E-state index in [1.807, 2.05) is 0 Å². The third kappa shape index (κ3) is 4.61. The summed E-state index contributed by atoms with van der Waals surface area (Å²) in [6.45, 7) is -0.564. The average molecular weight is 390 g/mol. The zero-order chi connectivity index (χ0) is 20.3. The Morgan fingerprint density at radius 1 is 0.821 bits per heavy atom. The molecule has 8 heteroatoms. The van der Waals surface area contributed by atoms with Gasteiger partial charge in [0.05, 0.1) is 6.61 Å².